The predicted octanol–water partition coefficient (Wildman–Crippen LogP) is 3.88. The minimum atomic E-state index is -0.811. The normalized spacial score (nSPS) is 14.6. The van der Waals surface area contributed by atoms with Crippen LogP contribution in [-0.4, -0.2) is 44.6 Å². The van der Waals surface area contributed by atoms with E-state index in [1.54, 1.807) is 50.3 Å². The van der Waals surface area contributed by atoms with Crippen LogP contribution in [0.2, 0.25) is 5.02 Å². The zero-order chi connectivity index (χ0) is 29.7. The molecule has 0 amide bonds. The van der Waals surface area contributed by atoms with E-state index in [1.165, 1.54) is 30.1 Å². The van der Waals surface area contributed by atoms with Crippen LogP contribution in [0.5, 0.6) is 23.0 Å². The average Bonchev–Trinajstić information content (AvgIpc) is 3.25. The molecule has 41 heavy (non-hydrogen) atoms. The number of aromatic nitrogens is 1. The summed E-state index contributed by atoms with van der Waals surface area (Å²) in [6.45, 7) is 5.84. The summed E-state index contributed by atoms with van der Waals surface area (Å²) in [5.74, 6) is 3.55. The molecule has 0 spiro atoms. The highest BCUT2D eigenvalue weighted by atomic mass is 35.5. The quantitative estimate of drug-likeness (QED) is 0.259. The van der Waals surface area contributed by atoms with Crippen molar-refractivity contribution in [3.05, 3.63) is 77.4 Å². The molecule has 0 radical (unpaired) electrons. The van der Waals surface area contributed by atoms with E-state index in [2.05, 4.69) is 10.9 Å². The first-order valence-electron chi connectivity index (χ1n) is 12.7. The van der Waals surface area contributed by atoms with Gasteiger partial charge in [-0.15, -0.1) is 6.42 Å². The van der Waals surface area contributed by atoms with Gasteiger partial charge in [0.2, 0.25) is 0 Å². The van der Waals surface area contributed by atoms with E-state index in [-0.39, 0.29) is 29.4 Å². The number of fused-ring (bicyclic) bond motifs is 1. The van der Waals surface area contributed by atoms with Gasteiger partial charge in [-0.3, -0.25) is 9.36 Å². The van der Waals surface area contributed by atoms with Crippen molar-refractivity contribution in [1.82, 2.24) is 4.57 Å². The lowest BCUT2D eigenvalue weighted by Crippen LogP contribution is -2.40. The highest BCUT2D eigenvalue weighted by Gasteiger charge is 2.34. The second-order valence-corrected chi connectivity index (χ2v) is 10.1. The van der Waals surface area contributed by atoms with Gasteiger partial charge in [-0.05, 0) is 62.2 Å². The summed E-state index contributed by atoms with van der Waals surface area (Å²) in [4.78, 5) is 32.2. The van der Waals surface area contributed by atoms with Crippen LogP contribution < -0.4 is 33.8 Å². The van der Waals surface area contributed by atoms with Gasteiger partial charge in [-0.2, -0.15) is 0 Å². The van der Waals surface area contributed by atoms with Crippen LogP contribution in [0.15, 0.2) is 51.4 Å². The van der Waals surface area contributed by atoms with Gasteiger partial charge in [-0.1, -0.05) is 34.9 Å². The summed E-state index contributed by atoms with van der Waals surface area (Å²) in [6.07, 6.45) is 7.02. The molecule has 0 bridgehead atoms. The van der Waals surface area contributed by atoms with Gasteiger partial charge in [-0.25, -0.2) is 9.79 Å². The monoisotopic (exact) mass is 596 g/mol. The molecule has 1 atom stereocenters. The number of halogens is 1. The third-order valence-electron chi connectivity index (χ3n) is 6.17. The Labute approximate surface area is 246 Å². The lowest BCUT2D eigenvalue weighted by atomic mass is 9.95. The maximum absolute atomic E-state index is 14.0. The molecule has 2 aromatic carbocycles. The van der Waals surface area contributed by atoms with Gasteiger partial charge < -0.3 is 23.7 Å². The zero-order valence-electron chi connectivity index (χ0n) is 23.3. The molecule has 3 aromatic rings. The molecular formula is C30H29ClN2O7S. The third-order valence-corrected chi connectivity index (χ3v) is 7.43. The number of terminal acetylenes is 1. The molecule has 4 rings (SSSR count). The number of nitrogens with zero attached hydrogens (tertiary/aromatic N) is 2. The van der Waals surface area contributed by atoms with Crippen LogP contribution >= 0.6 is 22.9 Å². The Kier molecular flexibility index (Phi) is 9.42. The van der Waals surface area contributed by atoms with E-state index < -0.39 is 12.0 Å². The number of allylic oxidation sites excluding steroid dienone is 1. The summed E-state index contributed by atoms with van der Waals surface area (Å²) in [7, 11) is 3.05. The van der Waals surface area contributed by atoms with Gasteiger partial charge >= 0.3 is 5.97 Å². The van der Waals surface area contributed by atoms with Crippen molar-refractivity contribution in [2.24, 2.45) is 4.99 Å². The number of hydrogen-bond donors (Lipinski definition) is 0. The molecule has 0 N–H and O–H groups in total. The van der Waals surface area contributed by atoms with E-state index in [1.807, 2.05) is 6.92 Å². The molecule has 2 heterocycles. The topological polar surface area (TPSA) is 97.6 Å². The van der Waals surface area contributed by atoms with Gasteiger partial charge in [0.15, 0.2) is 27.8 Å². The fraction of sp³-hybridized carbons (Fsp3) is 0.300. The fourth-order valence-electron chi connectivity index (χ4n) is 4.47. The van der Waals surface area contributed by atoms with Gasteiger partial charge in [0.25, 0.3) is 5.56 Å². The van der Waals surface area contributed by atoms with Gasteiger partial charge in [0, 0.05) is 0 Å². The van der Waals surface area contributed by atoms with E-state index in [0.29, 0.717) is 55.8 Å². The number of esters is 1. The first-order valence-corrected chi connectivity index (χ1v) is 13.9. The van der Waals surface area contributed by atoms with Crippen LogP contribution in [0.25, 0.3) is 6.08 Å². The number of thiazole rings is 1. The summed E-state index contributed by atoms with van der Waals surface area (Å²) < 4.78 is 29.4. The lowest BCUT2D eigenvalue weighted by Gasteiger charge is -2.25. The molecule has 0 fully saturated rings. The minimum Gasteiger partial charge on any atom is -0.493 e. The Balaban J connectivity index is 1.93. The average molecular weight is 597 g/mol. The molecule has 11 heteroatoms. The third kappa shape index (κ3) is 5.97. The molecule has 0 saturated carbocycles. The van der Waals surface area contributed by atoms with E-state index in [4.69, 9.17) is 41.7 Å². The second kappa shape index (κ2) is 13.0. The van der Waals surface area contributed by atoms with Crippen molar-refractivity contribution in [1.29, 1.82) is 0 Å². The van der Waals surface area contributed by atoms with Crippen molar-refractivity contribution in [3.8, 4) is 35.3 Å². The van der Waals surface area contributed by atoms with Crippen molar-refractivity contribution in [3.63, 3.8) is 0 Å². The summed E-state index contributed by atoms with van der Waals surface area (Å²) in [6, 6.07) is 7.82. The summed E-state index contributed by atoms with van der Waals surface area (Å²) in [5, 5.41) is 0.286. The number of carbonyl (C=O) groups is 1. The van der Waals surface area contributed by atoms with Crippen LogP contribution in [-0.2, 0) is 9.53 Å². The molecule has 1 aliphatic heterocycles. The zero-order valence-corrected chi connectivity index (χ0v) is 24.9. The van der Waals surface area contributed by atoms with Crippen molar-refractivity contribution in [2.45, 2.75) is 26.8 Å². The Hall–Kier alpha value is -4.20. The predicted molar refractivity (Wildman–Crippen MR) is 157 cm³/mol. The maximum Gasteiger partial charge on any atom is 0.338 e. The number of benzene rings is 2. The van der Waals surface area contributed by atoms with Crippen molar-refractivity contribution < 1.29 is 28.5 Å². The molecule has 0 unspecified atom stereocenters. The summed E-state index contributed by atoms with van der Waals surface area (Å²) >= 11 is 7.69. The van der Waals surface area contributed by atoms with Crippen molar-refractivity contribution in [2.75, 3.05) is 34.0 Å². The van der Waals surface area contributed by atoms with E-state index in [9.17, 15) is 9.59 Å². The second-order valence-electron chi connectivity index (χ2n) is 8.67. The molecule has 1 aliphatic rings. The van der Waals surface area contributed by atoms with Crippen molar-refractivity contribution >= 4 is 35.0 Å². The van der Waals surface area contributed by atoms with E-state index in [0.717, 1.165) is 0 Å². The van der Waals surface area contributed by atoms with Crippen LogP contribution in [0, 0.1) is 12.3 Å². The fourth-order valence-corrected chi connectivity index (χ4v) is 5.79. The Morgan fingerprint density at radius 1 is 1.12 bits per heavy atom. The number of ether oxygens (including phenoxy) is 5. The molecule has 214 valence electrons. The highest BCUT2D eigenvalue weighted by molar-refractivity contribution is 7.07. The van der Waals surface area contributed by atoms with E-state index >= 15 is 0 Å². The molecule has 0 aliphatic carbocycles. The number of hydrogen-bond acceptors (Lipinski definition) is 9. The first-order chi connectivity index (χ1) is 19.8. The SMILES string of the molecule is C#CCOc1c(Cl)cc(/C=c2/sc3n(c2=O)[C@@H](c2ccc(OC)c(OC)c2)C(C(=O)OCC)=C(C)N=3)cc1OCC. The van der Waals surface area contributed by atoms with Crippen LogP contribution in [0.3, 0.4) is 0 Å². The number of carbonyl (C=O) groups excluding carboxylic acids is 1. The van der Waals surface area contributed by atoms with Crippen LogP contribution in [0.4, 0.5) is 0 Å². The standard InChI is InChI=1S/C30H29ClN2O7S/c1-7-12-40-27-20(31)13-18(14-23(27)38-8-2)15-24-28(34)33-26(19-10-11-21(36-5)22(16-19)37-6)25(29(35)39-9-3)17(4)32-30(33)41-24/h1,10-11,13-16,26H,8-9,12H2,2-6H3/b24-15+/t26-/m0/s1. The van der Waals surface area contributed by atoms with Crippen LogP contribution in [0.1, 0.15) is 37.9 Å². The number of rotatable bonds is 10. The smallest absolute Gasteiger partial charge is 0.338 e. The van der Waals surface area contributed by atoms with Gasteiger partial charge in [0.1, 0.15) is 6.61 Å². The molecular weight excluding hydrogens is 568 g/mol. The largest absolute Gasteiger partial charge is 0.493 e. The minimum absolute atomic E-state index is 0.0238. The highest BCUT2D eigenvalue weighted by Crippen LogP contribution is 2.38. The molecule has 1 aromatic heterocycles. The Morgan fingerprint density at radius 2 is 1.88 bits per heavy atom. The number of methoxy groups -OCH3 is 2. The van der Waals surface area contributed by atoms with Gasteiger partial charge in [0.05, 0.1) is 54.3 Å². The molecule has 0 saturated heterocycles. The Morgan fingerprint density at radius 3 is 2.54 bits per heavy atom. The lowest BCUT2D eigenvalue weighted by molar-refractivity contribution is -0.139. The first kappa shape index (κ1) is 29.8. The summed E-state index contributed by atoms with van der Waals surface area (Å²) in [5.41, 5.74) is 1.61. The molecule has 9 nitrogen and oxygen atoms in total. The maximum atomic E-state index is 14.0. The Bertz CT molecular complexity index is 1730.